The molecule has 0 fully saturated rings. The summed E-state index contributed by atoms with van der Waals surface area (Å²) in [5.74, 6) is -0.411. The van der Waals surface area contributed by atoms with E-state index in [4.69, 9.17) is 11.6 Å². The Kier molecular flexibility index (Phi) is 3.13. The molecule has 2 N–H and O–H groups in total. The van der Waals surface area contributed by atoms with Crippen molar-refractivity contribution in [1.29, 1.82) is 0 Å². The molecule has 0 aliphatic heterocycles. The molecule has 1 aromatic heterocycles. The average molecular weight is 275 g/mol. The van der Waals surface area contributed by atoms with E-state index in [2.05, 4.69) is 16.4 Å². The maximum Gasteiger partial charge on any atom is 0.143 e. The molecule has 0 radical (unpaired) electrons. The van der Waals surface area contributed by atoms with Gasteiger partial charge < -0.3 is 10.3 Å². The summed E-state index contributed by atoms with van der Waals surface area (Å²) >= 11 is 5.65. The third-order valence-corrected chi connectivity index (χ3v) is 3.39. The maximum atomic E-state index is 13.3. The summed E-state index contributed by atoms with van der Waals surface area (Å²) in [7, 11) is 0. The first kappa shape index (κ1) is 12.1. The van der Waals surface area contributed by atoms with Crippen LogP contribution in [0, 0.1) is 5.82 Å². The molecule has 1 heterocycles. The van der Waals surface area contributed by atoms with E-state index in [9.17, 15) is 4.39 Å². The summed E-state index contributed by atoms with van der Waals surface area (Å²) in [4.78, 5) is 3.17. The van der Waals surface area contributed by atoms with Gasteiger partial charge >= 0.3 is 0 Å². The van der Waals surface area contributed by atoms with Crippen molar-refractivity contribution >= 4 is 28.2 Å². The molecule has 0 saturated heterocycles. The van der Waals surface area contributed by atoms with E-state index in [0.29, 0.717) is 6.54 Å². The minimum Gasteiger partial charge on any atom is -0.381 e. The van der Waals surface area contributed by atoms with E-state index < -0.39 is 5.82 Å². The molecule has 2 nitrogen and oxygen atoms in total. The molecule has 2 aromatic carbocycles. The van der Waals surface area contributed by atoms with E-state index in [1.54, 1.807) is 12.1 Å². The van der Waals surface area contributed by atoms with Gasteiger partial charge in [0, 0.05) is 29.3 Å². The maximum absolute atomic E-state index is 13.3. The highest BCUT2D eigenvalue weighted by Crippen LogP contribution is 2.21. The number of H-pyrrole nitrogens is 1. The fraction of sp³-hybridized carbons (Fsp3) is 0.0667. The average Bonchev–Trinajstić information content (AvgIpc) is 2.89. The summed E-state index contributed by atoms with van der Waals surface area (Å²) in [5, 5.41) is 4.51. The zero-order valence-corrected chi connectivity index (χ0v) is 10.8. The Morgan fingerprint density at radius 1 is 1.16 bits per heavy atom. The molecule has 0 amide bonds. The first-order valence-corrected chi connectivity index (χ1v) is 6.36. The van der Waals surface area contributed by atoms with Gasteiger partial charge in [0.25, 0.3) is 0 Å². The van der Waals surface area contributed by atoms with Gasteiger partial charge in [0.15, 0.2) is 0 Å². The molecular formula is C15H12ClFN2. The minimum atomic E-state index is -0.411. The number of fused-ring (bicyclic) bond motifs is 1. The number of halogens is 2. The zero-order chi connectivity index (χ0) is 13.2. The molecule has 0 bridgehead atoms. The first-order chi connectivity index (χ1) is 9.24. The Hall–Kier alpha value is -2.00. The van der Waals surface area contributed by atoms with Gasteiger partial charge in [0.2, 0.25) is 0 Å². The largest absolute Gasteiger partial charge is 0.381 e. The molecule has 3 rings (SSSR count). The molecule has 0 spiro atoms. The van der Waals surface area contributed by atoms with Crippen LogP contribution in [0.25, 0.3) is 10.9 Å². The molecule has 19 heavy (non-hydrogen) atoms. The molecule has 0 aliphatic carbocycles. The lowest BCUT2D eigenvalue weighted by Crippen LogP contribution is -2.00. The second-order valence-corrected chi connectivity index (χ2v) is 4.75. The summed E-state index contributed by atoms with van der Waals surface area (Å²) < 4.78 is 13.3. The van der Waals surface area contributed by atoms with Gasteiger partial charge in [-0.1, -0.05) is 23.7 Å². The fourth-order valence-electron chi connectivity index (χ4n) is 2.11. The highest BCUT2D eigenvalue weighted by atomic mass is 35.5. The van der Waals surface area contributed by atoms with Crippen molar-refractivity contribution in [3.63, 3.8) is 0 Å². The topological polar surface area (TPSA) is 27.8 Å². The van der Waals surface area contributed by atoms with Crippen molar-refractivity contribution in [3.8, 4) is 0 Å². The van der Waals surface area contributed by atoms with Gasteiger partial charge in [0.05, 0.1) is 5.02 Å². The third kappa shape index (κ3) is 2.42. The van der Waals surface area contributed by atoms with Crippen molar-refractivity contribution < 1.29 is 4.39 Å². The van der Waals surface area contributed by atoms with Gasteiger partial charge in [-0.3, -0.25) is 0 Å². The van der Waals surface area contributed by atoms with Gasteiger partial charge in [0.1, 0.15) is 5.82 Å². The van der Waals surface area contributed by atoms with Crippen LogP contribution in [0.3, 0.4) is 0 Å². The molecular weight excluding hydrogens is 263 g/mol. The normalized spacial score (nSPS) is 10.8. The third-order valence-electron chi connectivity index (χ3n) is 3.09. The van der Waals surface area contributed by atoms with E-state index in [1.165, 1.54) is 11.5 Å². The Bertz CT molecular complexity index is 721. The van der Waals surface area contributed by atoms with E-state index in [1.807, 2.05) is 24.4 Å². The number of aromatic nitrogens is 1. The lowest BCUT2D eigenvalue weighted by atomic mass is 10.1. The Balaban J connectivity index is 1.82. The number of hydrogen-bond acceptors (Lipinski definition) is 1. The first-order valence-electron chi connectivity index (χ1n) is 5.98. The van der Waals surface area contributed by atoms with Crippen LogP contribution < -0.4 is 5.32 Å². The summed E-state index contributed by atoms with van der Waals surface area (Å²) in [5.41, 5.74) is 2.98. The van der Waals surface area contributed by atoms with Crippen LogP contribution in [-0.2, 0) is 6.54 Å². The van der Waals surface area contributed by atoms with E-state index in [0.717, 1.165) is 16.8 Å². The van der Waals surface area contributed by atoms with Crippen LogP contribution >= 0.6 is 11.6 Å². The van der Waals surface area contributed by atoms with Crippen LogP contribution in [-0.4, -0.2) is 4.98 Å². The quantitative estimate of drug-likeness (QED) is 0.719. The Morgan fingerprint density at radius 3 is 2.89 bits per heavy atom. The van der Waals surface area contributed by atoms with Gasteiger partial charge in [-0.15, -0.1) is 0 Å². The lowest BCUT2D eigenvalue weighted by Gasteiger charge is -2.08. The second-order valence-electron chi connectivity index (χ2n) is 4.34. The van der Waals surface area contributed by atoms with Crippen LogP contribution in [0.1, 0.15) is 5.56 Å². The van der Waals surface area contributed by atoms with Crippen molar-refractivity contribution in [2.45, 2.75) is 6.54 Å². The predicted octanol–water partition coefficient (Wildman–Crippen LogP) is 4.57. The van der Waals surface area contributed by atoms with Crippen molar-refractivity contribution in [2.75, 3.05) is 5.32 Å². The number of rotatable bonds is 3. The standard InChI is InChI=1S/C15H12ClFN2/c16-13-5-4-11(8-14(13)17)19-9-10-2-1-3-15-12(10)6-7-18-15/h1-8,18-19H,9H2. The Labute approximate surface area is 115 Å². The van der Waals surface area contributed by atoms with Crippen LogP contribution in [0.5, 0.6) is 0 Å². The SMILES string of the molecule is Fc1cc(NCc2cccc3[nH]ccc23)ccc1Cl. The van der Waals surface area contributed by atoms with Crippen LogP contribution in [0.4, 0.5) is 10.1 Å². The molecule has 0 saturated carbocycles. The fourth-order valence-corrected chi connectivity index (χ4v) is 2.23. The Morgan fingerprint density at radius 2 is 2.05 bits per heavy atom. The van der Waals surface area contributed by atoms with Crippen molar-refractivity contribution in [2.24, 2.45) is 0 Å². The van der Waals surface area contributed by atoms with E-state index in [-0.39, 0.29) is 5.02 Å². The van der Waals surface area contributed by atoms with Crippen molar-refractivity contribution in [3.05, 3.63) is 65.1 Å². The molecule has 0 atom stereocenters. The minimum absolute atomic E-state index is 0.137. The number of anilines is 1. The monoisotopic (exact) mass is 274 g/mol. The van der Waals surface area contributed by atoms with Gasteiger partial charge in [-0.05, 0) is 35.9 Å². The van der Waals surface area contributed by atoms with Crippen LogP contribution in [0.15, 0.2) is 48.7 Å². The summed E-state index contributed by atoms with van der Waals surface area (Å²) in [6, 6.07) is 12.8. The molecule has 96 valence electrons. The van der Waals surface area contributed by atoms with E-state index >= 15 is 0 Å². The molecule has 3 aromatic rings. The number of hydrogen-bond donors (Lipinski definition) is 2. The highest BCUT2D eigenvalue weighted by molar-refractivity contribution is 6.30. The molecule has 4 heteroatoms. The second kappa shape index (κ2) is 4.94. The van der Waals surface area contributed by atoms with Crippen LogP contribution in [0.2, 0.25) is 5.02 Å². The smallest absolute Gasteiger partial charge is 0.143 e. The number of aromatic amines is 1. The number of benzene rings is 2. The van der Waals surface area contributed by atoms with Gasteiger partial charge in [-0.25, -0.2) is 4.39 Å². The molecule has 0 unspecified atom stereocenters. The highest BCUT2D eigenvalue weighted by Gasteiger charge is 2.03. The number of nitrogens with one attached hydrogen (secondary N) is 2. The van der Waals surface area contributed by atoms with Crippen molar-refractivity contribution in [1.82, 2.24) is 4.98 Å². The molecule has 0 aliphatic rings. The summed E-state index contributed by atoms with van der Waals surface area (Å²) in [6.45, 7) is 0.635. The lowest BCUT2D eigenvalue weighted by molar-refractivity contribution is 0.628. The summed E-state index contributed by atoms with van der Waals surface area (Å²) in [6.07, 6.45) is 1.91. The predicted molar refractivity (Wildman–Crippen MR) is 77.0 cm³/mol. The van der Waals surface area contributed by atoms with Gasteiger partial charge in [-0.2, -0.15) is 0 Å². The zero-order valence-electron chi connectivity index (χ0n) is 10.1.